The lowest BCUT2D eigenvalue weighted by Crippen LogP contribution is -2.44. The zero-order valence-electron chi connectivity index (χ0n) is 19.5. The molecular formula is C26H32N2O6. The Bertz CT molecular complexity index is 976. The van der Waals surface area contributed by atoms with Crippen molar-refractivity contribution in [2.45, 2.75) is 38.6 Å². The molecule has 3 rings (SSSR count). The maximum absolute atomic E-state index is 12.5. The number of alkyl carbamates (subject to hydrolysis) is 1. The monoisotopic (exact) mass is 468 g/mol. The van der Waals surface area contributed by atoms with Gasteiger partial charge in [0, 0.05) is 18.9 Å². The van der Waals surface area contributed by atoms with Crippen LogP contribution in [0.4, 0.5) is 4.79 Å². The van der Waals surface area contributed by atoms with Crippen molar-refractivity contribution in [3.63, 3.8) is 0 Å². The van der Waals surface area contributed by atoms with Gasteiger partial charge in [-0.3, -0.25) is 4.79 Å². The van der Waals surface area contributed by atoms with Crippen LogP contribution in [0, 0.1) is 11.8 Å². The molecule has 0 fully saturated rings. The molecule has 4 N–H and O–H groups in total. The zero-order chi connectivity index (χ0) is 24.7. The second kappa shape index (κ2) is 11.7. The molecule has 2 atom stereocenters. The highest BCUT2D eigenvalue weighted by Gasteiger charge is 2.29. The van der Waals surface area contributed by atoms with Gasteiger partial charge in [-0.05, 0) is 40.5 Å². The van der Waals surface area contributed by atoms with Crippen LogP contribution >= 0.6 is 0 Å². The molecular weight excluding hydrogens is 436 g/mol. The van der Waals surface area contributed by atoms with Crippen LogP contribution in [0.2, 0.25) is 0 Å². The van der Waals surface area contributed by atoms with Gasteiger partial charge >= 0.3 is 12.1 Å². The van der Waals surface area contributed by atoms with Crippen molar-refractivity contribution in [2.75, 3.05) is 19.8 Å². The molecule has 2 amide bonds. The van der Waals surface area contributed by atoms with Gasteiger partial charge in [0.15, 0.2) is 0 Å². The fraction of sp³-hybridized carbons (Fsp3) is 0.423. The molecule has 1 aliphatic carbocycles. The van der Waals surface area contributed by atoms with E-state index in [0.717, 1.165) is 22.3 Å². The maximum Gasteiger partial charge on any atom is 0.407 e. The number of carboxylic acid groups (broad SMARTS) is 1. The van der Waals surface area contributed by atoms with Crippen molar-refractivity contribution >= 4 is 18.0 Å². The van der Waals surface area contributed by atoms with E-state index in [1.54, 1.807) is 0 Å². The third-order valence-corrected chi connectivity index (χ3v) is 5.97. The Labute approximate surface area is 199 Å². The first kappa shape index (κ1) is 25.2. The lowest BCUT2D eigenvalue weighted by atomic mass is 9.93. The van der Waals surface area contributed by atoms with Gasteiger partial charge in [0.25, 0.3) is 0 Å². The Morgan fingerprint density at radius 1 is 1.00 bits per heavy atom. The van der Waals surface area contributed by atoms with E-state index < -0.39 is 30.6 Å². The van der Waals surface area contributed by atoms with Crippen molar-refractivity contribution < 1.29 is 29.3 Å². The number of rotatable bonds is 11. The summed E-state index contributed by atoms with van der Waals surface area (Å²) in [5.74, 6) is -1.75. The van der Waals surface area contributed by atoms with Gasteiger partial charge in [-0.2, -0.15) is 0 Å². The summed E-state index contributed by atoms with van der Waals surface area (Å²) < 4.78 is 5.55. The Hall–Kier alpha value is -3.39. The topological polar surface area (TPSA) is 125 Å². The summed E-state index contributed by atoms with van der Waals surface area (Å²) >= 11 is 0. The van der Waals surface area contributed by atoms with E-state index in [2.05, 4.69) is 34.9 Å². The molecule has 0 heterocycles. The van der Waals surface area contributed by atoms with Crippen LogP contribution in [0.5, 0.6) is 0 Å². The summed E-state index contributed by atoms with van der Waals surface area (Å²) in [6.45, 7) is 3.75. The number of hydrogen-bond donors (Lipinski definition) is 4. The molecule has 34 heavy (non-hydrogen) atoms. The third kappa shape index (κ3) is 6.35. The SMILES string of the molecule is CC(C)CC(CNC(=O)OCC1c2ccccc2-c2ccccc21)CC(=O)N[C@@H](CO)C(=O)O. The van der Waals surface area contributed by atoms with E-state index in [-0.39, 0.29) is 37.3 Å². The Morgan fingerprint density at radius 2 is 1.59 bits per heavy atom. The molecule has 2 aromatic rings. The highest BCUT2D eigenvalue weighted by Crippen LogP contribution is 2.44. The lowest BCUT2D eigenvalue weighted by molar-refractivity contribution is -0.143. The molecule has 8 heteroatoms. The first-order valence-electron chi connectivity index (χ1n) is 11.5. The summed E-state index contributed by atoms with van der Waals surface area (Å²) in [7, 11) is 0. The summed E-state index contributed by atoms with van der Waals surface area (Å²) in [6.07, 6.45) is 0.134. The van der Waals surface area contributed by atoms with Gasteiger partial charge in [0.2, 0.25) is 5.91 Å². The van der Waals surface area contributed by atoms with Crippen LogP contribution in [-0.4, -0.2) is 54.0 Å². The number of ether oxygens (including phenoxy) is 1. The van der Waals surface area contributed by atoms with E-state index in [1.165, 1.54) is 0 Å². The van der Waals surface area contributed by atoms with Gasteiger partial charge in [-0.15, -0.1) is 0 Å². The average molecular weight is 469 g/mol. The van der Waals surface area contributed by atoms with Crippen molar-refractivity contribution in [2.24, 2.45) is 11.8 Å². The minimum atomic E-state index is -1.35. The number of aliphatic carboxylic acids is 1. The number of amides is 2. The molecule has 0 spiro atoms. The quantitative estimate of drug-likeness (QED) is 0.402. The number of hydrogen-bond acceptors (Lipinski definition) is 5. The zero-order valence-corrected chi connectivity index (χ0v) is 19.5. The second-order valence-electron chi connectivity index (χ2n) is 9.05. The summed E-state index contributed by atoms with van der Waals surface area (Å²) in [5, 5.41) is 23.2. The van der Waals surface area contributed by atoms with E-state index in [4.69, 9.17) is 14.9 Å². The Kier molecular flexibility index (Phi) is 8.65. The van der Waals surface area contributed by atoms with Gasteiger partial charge in [0.1, 0.15) is 12.6 Å². The molecule has 1 unspecified atom stereocenters. The first-order valence-corrected chi connectivity index (χ1v) is 11.5. The van der Waals surface area contributed by atoms with E-state index in [1.807, 2.05) is 38.1 Å². The minimum absolute atomic E-state index is 0.0333. The number of carbonyl (C=O) groups is 3. The smallest absolute Gasteiger partial charge is 0.407 e. The molecule has 182 valence electrons. The maximum atomic E-state index is 12.5. The normalized spacial score (nSPS) is 14.1. The Morgan fingerprint density at radius 3 is 2.12 bits per heavy atom. The van der Waals surface area contributed by atoms with Gasteiger partial charge in [0.05, 0.1) is 6.61 Å². The van der Waals surface area contributed by atoms with Crippen molar-refractivity contribution in [3.8, 4) is 11.1 Å². The summed E-state index contributed by atoms with van der Waals surface area (Å²) in [4.78, 5) is 35.8. The van der Waals surface area contributed by atoms with Gasteiger partial charge < -0.3 is 25.6 Å². The van der Waals surface area contributed by atoms with E-state index >= 15 is 0 Å². The fourth-order valence-corrected chi connectivity index (χ4v) is 4.48. The van der Waals surface area contributed by atoms with Crippen molar-refractivity contribution in [1.29, 1.82) is 0 Å². The molecule has 0 saturated heterocycles. The number of fused-ring (bicyclic) bond motifs is 3. The van der Waals surface area contributed by atoms with Crippen LogP contribution in [-0.2, 0) is 14.3 Å². The lowest BCUT2D eigenvalue weighted by Gasteiger charge is -2.21. The number of nitrogens with one attached hydrogen (secondary N) is 2. The molecule has 0 radical (unpaired) electrons. The minimum Gasteiger partial charge on any atom is -0.480 e. The third-order valence-electron chi connectivity index (χ3n) is 5.97. The molecule has 8 nitrogen and oxygen atoms in total. The van der Waals surface area contributed by atoms with Crippen LogP contribution in [0.25, 0.3) is 11.1 Å². The molecule has 0 saturated carbocycles. The van der Waals surface area contributed by atoms with Crippen LogP contribution < -0.4 is 10.6 Å². The highest BCUT2D eigenvalue weighted by molar-refractivity contribution is 5.83. The predicted octanol–water partition coefficient (Wildman–Crippen LogP) is 3.14. The molecule has 1 aliphatic rings. The first-order chi connectivity index (χ1) is 16.3. The predicted molar refractivity (Wildman–Crippen MR) is 127 cm³/mol. The molecule has 0 aliphatic heterocycles. The van der Waals surface area contributed by atoms with Crippen LogP contribution in [0.1, 0.15) is 43.7 Å². The largest absolute Gasteiger partial charge is 0.480 e. The summed E-state index contributed by atoms with van der Waals surface area (Å²) in [5.41, 5.74) is 4.56. The Balaban J connectivity index is 1.55. The number of carbonyl (C=O) groups excluding carboxylic acids is 2. The number of carboxylic acids is 1. The van der Waals surface area contributed by atoms with Crippen LogP contribution in [0.3, 0.4) is 0 Å². The summed E-state index contributed by atoms with van der Waals surface area (Å²) in [6, 6.07) is 14.8. The highest BCUT2D eigenvalue weighted by atomic mass is 16.5. The van der Waals surface area contributed by atoms with Crippen LogP contribution in [0.15, 0.2) is 48.5 Å². The average Bonchev–Trinajstić information content (AvgIpc) is 3.13. The van der Waals surface area contributed by atoms with Crippen molar-refractivity contribution in [3.05, 3.63) is 59.7 Å². The van der Waals surface area contributed by atoms with Gasteiger partial charge in [-0.25, -0.2) is 9.59 Å². The van der Waals surface area contributed by atoms with E-state index in [9.17, 15) is 14.4 Å². The van der Waals surface area contributed by atoms with E-state index in [0.29, 0.717) is 6.42 Å². The standard InChI is InChI=1S/C26H32N2O6/c1-16(2)11-17(12-24(30)28-23(14-29)25(31)32)13-27-26(33)34-15-22-20-9-5-3-7-18(20)19-8-4-6-10-21(19)22/h3-10,16-17,22-23,29H,11-15H2,1-2H3,(H,27,33)(H,28,30)(H,31,32)/t17?,23-/m0/s1. The van der Waals surface area contributed by atoms with Crippen molar-refractivity contribution in [1.82, 2.24) is 10.6 Å². The molecule has 2 aromatic carbocycles. The molecule has 0 aromatic heterocycles. The number of benzene rings is 2. The molecule has 0 bridgehead atoms. The van der Waals surface area contributed by atoms with Gasteiger partial charge in [-0.1, -0.05) is 62.4 Å². The second-order valence-corrected chi connectivity index (χ2v) is 9.05. The number of aliphatic hydroxyl groups is 1. The fourth-order valence-electron chi connectivity index (χ4n) is 4.48. The number of aliphatic hydroxyl groups excluding tert-OH is 1.